The summed E-state index contributed by atoms with van der Waals surface area (Å²) in [7, 11) is 4.87. The summed E-state index contributed by atoms with van der Waals surface area (Å²) in [5, 5.41) is 0. The summed E-state index contributed by atoms with van der Waals surface area (Å²) in [4.78, 5) is 4.53. The summed E-state index contributed by atoms with van der Waals surface area (Å²) >= 11 is 2.22. The first-order valence-electron chi connectivity index (χ1n) is 16.7. The van der Waals surface area contributed by atoms with Gasteiger partial charge in [-0.1, -0.05) is 78.6 Å². The van der Waals surface area contributed by atoms with Gasteiger partial charge in [0, 0.05) is 0 Å². The second-order valence-electron chi connectivity index (χ2n) is 12.0. The van der Waals surface area contributed by atoms with Gasteiger partial charge in [-0.25, -0.2) is 6.42 Å². The summed E-state index contributed by atoms with van der Waals surface area (Å²) < 4.78 is 5.38. The number of aliphatic imine (C=N–C) groups is 1. The SMILES string of the molecule is C1CCC(P(C2CCCCC2)C2CCCCC2)CC1.CCOc1ccc(N=C(C)[C]2[C-][CH][CH][CH]2)cc1.[CH]1[CH][CH][CH][CH]1.[Cl][Pd+].[Fe+2]. The average Bonchev–Trinajstić information content (AvgIpc) is 3.84. The maximum Gasteiger partial charge on any atom is 2.00 e. The standard InChI is InChI=1S/C18H33P.C15H15NO.C5H5.ClH.Fe.Pd/c1-4-10-16(11-5-1)19(17-12-6-2-7-13-17)18-14-8-3-9-15-18;1-3-17-15-10-8-14(9-11-15)16-12(2)13-6-4-5-7-13;1-2-4-5-3-1;;;/h16-18H,1-15H2;4-6,8-11H,3H2,1-2H3;1-5H;1H;;/q;-1;;;2*+2/p-1. The van der Waals surface area contributed by atoms with Crippen molar-refractivity contribution < 1.29 is 40.0 Å². The van der Waals surface area contributed by atoms with Crippen LogP contribution >= 0.6 is 17.5 Å². The molecule has 6 rings (SSSR count). The molecule has 244 valence electrons. The molecule has 0 aromatic heterocycles. The van der Waals surface area contributed by atoms with Crippen molar-refractivity contribution in [2.24, 2.45) is 4.99 Å². The Labute approximate surface area is 299 Å². The molecule has 5 saturated carbocycles. The third-order valence-electron chi connectivity index (χ3n) is 8.98. The number of halogens is 1. The van der Waals surface area contributed by atoms with Crippen molar-refractivity contribution in [3.63, 3.8) is 0 Å². The largest absolute Gasteiger partial charge is 2.00 e. The number of hydrogen-bond donors (Lipinski definition) is 0. The summed E-state index contributed by atoms with van der Waals surface area (Å²) in [5.41, 5.74) is 5.47. The summed E-state index contributed by atoms with van der Waals surface area (Å²) in [6.07, 6.45) is 42.6. The fraction of sp³-hybridized carbons (Fsp3) is 0.553. The molecule has 0 heterocycles. The summed E-state index contributed by atoms with van der Waals surface area (Å²) in [6, 6.07) is 7.78. The topological polar surface area (TPSA) is 21.6 Å². The van der Waals surface area contributed by atoms with Gasteiger partial charge in [-0.3, -0.25) is 4.99 Å². The van der Waals surface area contributed by atoms with Crippen molar-refractivity contribution >= 4 is 28.8 Å². The Balaban J connectivity index is 0.000000249. The van der Waals surface area contributed by atoms with Crippen molar-refractivity contribution in [2.45, 2.75) is 127 Å². The Morgan fingerprint density at radius 3 is 1.55 bits per heavy atom. The summed E-state index contributed by atoms with van der Waals surface area (Å²) in [5.74, 6) is 1.92. The smallest absolute Gasteiger partial charge is 2.00 e. The number of benzene rings is 1. The molecule has 0 spiro atoms. The first kappa shape index (κ1) is 40.8. The quantitative estimate of drug-likeness (QED) is 0.117. The van der Waals surface area contributed by atoms with E-state index in [0.717, 1.165) is 23.1 Å². The van der Waals surface area contributed by atoms with E-state index < -0.39 is 0 Å². The predicted molar refractivity (Wildman–Crippen MR) is 185 cm³/mol. The van der Waals surface area contributed by atoms with Crippen molar-refractivity contribution in [3.05, 3.63) is 88.0 Å². The Hall–Kier alpha value is 0.592. The molecule has 10 radical (unpaired) electrons. The molecular formula is C38H53ClFeNOPPd+2. The second kappa shape index (κ2) is 25.6. The van der Waals surface area contributed by atoms with Gasteiger partial charge < -0.3 is 11.2 Å². The van der Waals surface area contributed by atoms with Crippen LogP contribution in [0.4, 0.5) is 5.69 Å². The van der Waals surface area contributed by atoms with Crippen LogP contribution in [0.15, 0.2) is 29.3 Å². The van der Waals surface area contributed by atoms with Gasteiger partial charge in [0.05, 0.1) is 12.3 Å². The molecule has 5 aliphatic carbocycles. The van der Waals surface area contributed by atoms with E-state index in [-0.39, 0.29) is 17.1 Å². The number of rotatable bonds is 7. The van der Waals surface area contributed by atoms with Crippen LogP contribution in [0.25, 0.3) is 0 Å². The van der Waals surface area contributed by atoms with Crippen molar-refractivity contribution in [1.29, 1.82) is 0 Å². The van der Waals surface area contributed by atoms with Gasteiger partial charge >= 0.3 is 44.8 Å². The third-order valence-corrected chi connectivity index (χ3v) is 13.1. The van der Waals surface area contributed by atoms with Gasteiger partial charge in [-0.05, 0) is 131 Å². The van der Waals surface area contributed by atoms with Gasteiger partial charge in [0.2, 0.25) is 0 Å². The van der Waals surface area contributed by atoms with Crippen LogP contribution in [0.1, 0.15) is 110 Å². The molecule has 0 saturated heterocycles. The fourth-order valence-corrected chi connectivity index (χ4v) is 11.6. The van der Waals surface area contributed by atoms with E-state index in [1.807, 2.05) is 89.5 Å². The van der Waals surface area contributed by atoms with Crippen molar-refractivity contribution in [1.82, 2.24) is 0 Å². The van der Waals surface area contributed by atoms with Crippen molar-refractivity contribution in [3.8, 4) is 5.75 Å². The van der Waals surface area contributed by atoms with Crippen LogP contribution in [0, 0.1) is 63.7 Å². The average molecular weight is 769 g/mol. The van der Waals surface area contributed by atoms with Crippen LogP contribution in [0.2, 0.25) is 0 Å². The van der Waals surface area contributed by atoms with E-state index >= 15 is 0 Å². The zero-order valence-corrected chi connectivity index (χ0v) is 31.1. The Morgan fingerprint density at radius 2 is 1.18 bits per heavy atom. The molecule has 2 nitrogen and oxygen atoms in total. The second-order valence-corrected chi connectivity index (χ2v) is 15.1. The van der Waals surface area contributed by atoms with Gasteiger partial charge in [0.1, 0.15) is 5.75 Å². The van der Waals surface area contributed by atoms with Crippen LogP contribution < -0.4 is 4.74 Å². The molecule has 0 amide bonds. The van der Waals surface area contributed by atoms with Gasteiger partial charge in [0.25, 0.3) is 0 Å². The van der Waals surface area contributed by atoms with Crippen LogP contribution in [0.5, 0.6) is 5.75 Å². The maximum atomic E-state index is 5.38. The zero-order valence-electron chi connectivity index (χ0n) is 26.8. The van der Waals surface area contributed by atoms with Crippen LogP contribution in [-0.4, -0.2) is 29.3 Å². The van der Waals surface area contributed by atoms with E-state index in [4.69, 9.17) is 4.74 Å². The molecular weight excluding hydrogens is 715 g/mol. The van der Waals surface area contributed by atoms with Crippen LogP contribution in [0.3, 0.4) is 0 Å². The Bertz CT molecular complexity index is 792. The Kier molecular flexibility index (Phi) is 23.7. The van der Waals surface area contributed by atoms with Crippen molar-refractivity contribution in [2.75, 3.05) is 6.61 Å². The minimum Gasteiger partial charge on any atom is 2.00 e. The van der Waals surface area contributed by atoms with E-state index in [1.165, 1.54) is 36.2 Å². The molecule has 0 bridgehead atoms. The molecule has 44 heavy (non-hydrogen) atoms. The molecule has 0 unspecified atom stereocenters. The normalized spacial score (nSPS) is 22.1. The minimum absolute atomic E-state index is 0. The van der Waals surface area contributed by atoms with Gasteiger partial charge in [0.15, 0.2) is 0 Å². The molecule has 5 aliphatic rings. The first-order chi connectivity index (χ1) is 21.2. The molecule has 1 aromatic rings. The molecule has 1 aromatic carbocycles. The number of hydrogen-bond acceptors (Lipinski definition) is 2. The van der Waals surface area contributed by atoms with E-state index in [0.29, 0.717) is 14.5 Å². The monoisotopic (exact) mass is 767 g/mol. The van der Waals surface area contributed by atoms with E-state index in [9.17, 15) is 0 Å². The number of ether oxygens (including phenoxy) is 1. The molecule has 0 atom stereocenters. The summed E-state index contributed by atoms with van der Waals surface area (Å²) in [6.45, 7) is 4.65. The molecule has 0 aliphatic heterocycles. The maximum absolute atomic E-state index is 5.38. The van der Waals surface area contributed by atoms with Crippen LogP contribution in [-0.2, 0) is 35.2 Å². The molecule has 5 fully saturated rings. The Morgan fingerprint density at radius 1 is 0.750 bits per heavy atom. The predicted octanol–water partition coefficient (Wildman–Crippen LogP) is 11.6. The number of nitrogens with zero attached hydrogens (tertiary/aromatic N) is 1. The van der Waals surface area contributed by atoms with Gasteiger partial charge in [-0.2, -0.15) is 5.92 Å². The third kappa shape index (κ3) is 15.2. The van der Waals surface area contributed by atoms with Gasteiger partial charge in [-0.15, -0.1) is 0 Å². The first-order valence-corrected chi connectivity index (χ1v) is 20.3. The van der Waals surface area contributed by atoms with E-state index in [1.54, 1.807) is 77.0 Å². The molecule has 0 N–H and O–H groups in total. The minimum atomic E-state index is 0. The van der Waals surface area contributed by atoms with E-state index in [2.05, 4.69) is 39.1 Å². The zero-order chi connectivity index (χ0) is 30.5. The fourth-order valence-electron chi connectivity index (χ4n) is 6.95. The molecule has 6 heteroatoms.